The second kappa shape index (κ2) is 6.52. The molecule has 106 valence electrons. The molecule has 0 aliphatic carbocycles. The molecule has 0 aliphatic rings. The van der Waals surface area contributed by atoms with Gasteiger partial charge in [0, 0.05) is 11.8 Å². The van der Waals surface area contributed by atoms with Crippen LogP contribution in [0, 0.1) is 18.6 Å². The van der Waals surface area contributed by atoms with E-state index in [9.17, 15) is 8.78 Å². The Morgan fingerprint density at radius 2 is 1.90 bits per heavy atom. The molecule has 0 saturated carbocycles. The highest BCUT2D eigenvalue weighted by Crippen LogP contribution is 2.25. The quantitative estimate of drug-likeness (QED) is 0.912. The van der Waals surface area contributed by atoms with Crippen molar-refractivity contribution in [1.29, 1.82) is 0 Å². The van der Waals surface area contributed by atoms with Crippen LogP contribution in [-0.2, 0) is 0 Å². The van der Waals surface area contributed by atoms with Crippen LogP contribution in [0.5, 0.6) is 0 Å². The zero-order valence-electron chi connectivity index (χ0n) is 11.5. The zero-order valence-corrected chi connectivity index (χ0v) is 11.5. The summed E-state index contributed by atoms with van der Waals surface area (Å²) in [6.45, 7) is 4.38. The highest BCUT2D eigenvalue weighted by molar-refractivity contribution is 5.30. The first-order valence-corrected chi connectivity index (χ1v) is 6.60. The van der Waals surface area contributed by atoms with Crippen molar-refractivity contribution in [2.24, 2.45) is 0 Å². The Labute approximate surface area is 117 Å². The van der Waals surface area contributed by atoms with Gasteiger partial charge in [0.2, 0.25) is 0 Å². The third-order valence-electron chi connectivity index (χ3n) is 2.98. The number of aryl methyl sites for hydroxylation is 1. The lowest BCUT2D eigenvalue weighted by Crippen LogP contribution is -2.26. The summed E-state index contributed by atoms with van der Waals surface area (Å²) in [6, 6.07) is 4.93. The van der Waals surface area contributed by atoms with Gasteiger partial charge >= 0.3 is 0 Å². The molecule has 0 saturated heterocycles. The van der Waals surface area contributed by atoms with Gasteiger partial charge in [-0.2, -0.15) is 0 Å². The van der Waals surface area contributed by atoms with Crippen molar-refractivity contribution in [3.05, 3.63) is 59.2 Å². The van der Waals surface area contributed by atoms with Gasteiger partial charge in [-0.3, -0.25) is 0 Å². The molecule has 1 N–H and O–H groups in total. The van der Waals surface area contributed by atoms with E-state index in [-0.39, 0.29) is 5.56 Å². The van der Waals surface area contributed by atoms with Gasteiger partial charge in [-0.25, -0.2) is 18.7 Å². The molecule has 0 radical (unpaired) electrons. The van der Waals surface area contributed by atoms with Gasteiger partial charge in [-0.05, 0) is 38.1 Å². The third-order valence-corrected chi connectivity index (χ3v) is 2.98. The molecule has 2 aromatic rings. The molecule has 1 heterocycles. The fourth-order valence-electron chi connectivity index (χ4n) is 2.06. The molecule has 0 amide bonds. The highest BCUT2D eigenvalue weighted by Gasteiger charge is 2.22. The average molecular weight is 277 g/mol. The first-order chi connectivity index (χ1) is 9.63. The van der Waals surface area contributed by atoms with E-state index in [2.05, 4.69) is 15.3 Å². The Morgan fingerprint density at radius 1 is 1.20 bits per heavy atom. The third kappa shape index (κ3) is 3.17. The fraction of sp³-hybridized carbons (Fsp3) is 0.333. The van der Waals surface area contributed by atoms with Crippen LogP contribution >= 0.6 is 0 Å². The smallest absolute Gasteiger partial charge is 0.131 e. The number of benzene rings is 1. The van der Waals surface area contributed by atoms with Gasteiger partial charge in [-0.15, -0.1) is 0 Å². The molecular formula is C15H17F2N3. The Bertz CT molecular complexity index is 567. The lowest BCUT2D eigenvalue weighted by atomic mass is 10.0. The first kappa shape index (κ1) is 14.5. The van der Waals surface area contributed by atoms with Gasteiger partial charge in [0.1, 0.15) is 17.5 Å². The van der Waals surface area contributed by atoms with Gasteiger partial charge in [0.05, 0.1) is 11.7 Å². The minimum Gasteiger partial charge on any atom is -0.305 e. The summed E-state index contributed by atoms with van der Waals surface area (Å²) in [7, 11) is 0. The minimum absolute atomic E-state index is 0.000880. The Balaban J connectivity index is 2.47. The molecule has 1 aromatic heterocycles. The summed E-state index contributed by atoms with van der Waals surface area (Å²) in [5.41, 5.74) is 0.564. The number of aromatic nitrogens is 2. The van der Waals surface area contributed by atoms with Gasteiger partial charge in [-0.1, -0.05) is 13.0 Å². The lowest BCUT2D eigenvalue weighted by Gasteiger charge is -2.20. The second-order valence-corrected chi connectivity index (χ2v) is 4.55. The molecule has 1 atom stereocenters. The van der Waals surface area contributed by atoms with E-state index >= 15 is 0 Å². The molecule has 0 fully saturated rings. The number of nitrogens with one attached hydrogen (secondary N) is 1. The first-order valence-electron chi connectivity index (χ1n) is 6.60. The van der Waals surface area contributed by atoms with E-state index in [0.29, 0.717) is 18.1 Å². The topological polar surface area (TPSA) is 37.8 Å². The monoisotopic (exact) mass is 277 g/mol. The van der Waals surface area contributed by atoms with Gasteiger partial charge < -0.3 is 5.32 Å². The Morgan fingerprint density at radius 3 is 2.50 bits per heavy atom. The minimum atomic E-state index is -0.613. The summed E-state index contributed by atoms with van der Waals surface area (Å²) in [4.78, 5) is 8.29. The summed E-state index contributed by atoms with van der Waals surface area (Å²) >= 11 is 0. The fourth-order valence-corrected chi connectivity index (χ4v) is 2.06. The lowest BCUT2D eigenvalue weighted by molar-refractivity contribution is 0.496. The maximum Gasteiger partial charge on any atom is 0.131 e. The van der Waals surface area contributed by atoms with Crippen LogP contribution in [0.25, 0.3) is 0 Å². The highest BCUT2D eigenvalue weighted by atomic mass is 19.1. The van der Waals surface area contributed by atoms with E-state index in [1.165, 1.54) is 18.2 Å². The molecule has 3 nitrogen and oxygen atoms in total. The Hall–Kier alpha value is -1.88. The van der Waals surface area contributed by atoms with Crippen LogP contribution in [-0.4, -0.2) is 16.5 Å². The predicted molar refractivity (Wildman–Crippen MR) is 73.3 cm³/mol. The molecule has 1 unspecified atom stereocenters. The van der Waals surface area contributed by atoms with Crippen molar-refractivity contribution >= 4 is 0 Å². The standard InChI is InChI=1S/C15H17F2N3/c1-3-8-19-15(13-7-9-18-10(2)20-13)14-11(16)5-4-6-12(14)17/h4-7,9,15,19H,3,8H2,1-2H3. The normalized spacial score (nSPS) is 12.4. The van der Waals surface area contributed by atoms with Crippen LogP contribution in [0.2, 0.25) is 0 Å². The zero-order chi connectivity index (χ0) is 14.5. The van der Waals surface area contributed by atoms with Crippen LogP contribution in [0.15, 0.2) is 30.5 Å². The molecule has 0 aliphatic heterocycles. The van der Waals surface area contributed by atoms with Crippen molar-refractivity contribution in [2.45, 2.75) is 26.3 Å². The van der Waals surface area contributed by atoms with Crippen molar-refractivity contribution < 1.29 is 8.78 Å². The molecule has 2 rings (SSSR count). The van der Waals surface area contributed by atoms with E-state index in [1.54, 1.807) is 19.2 Å². The van der Waals surface area contributed by atoms with E-state index < -0.39 is 17.7 Å². The summed E-state index contributed by atoms with van der Waals surface area (Å²) in [5.74, 6) is -0.577. The SMILES string of the molecule is CCCNC(c1ccnc(C)n1)c1c(F)cccc1F. The molecular weight excluding hydrogens is 260 g/mol. The van der Waals surface area contributed by atoms with Gasteiger partial charge in [0.15, 0.2) is 0 Å². The van der Waals surface area contributed by atoms with E-state index in [0.717, 1.165) is 6.42 Å². The van der Waals surface area contributed by atoms with Crippen LogP contribution in [0.4, 0.5) is 8.78 Å². The predicted octanol–water partition coefficient (Wildman–Crippen LogP) is 3.15. The average Bonchev–Trinajstić information content (AvgIpc) is 2.42. The summed E-state index contributed by atoms with van der Waals surface area (Å²) in [5, 5.41) is 3.14. The maximum absolute atomic E-state index is 14.0. The van der Waals surface area contributed by atoms with Crippen molar-refractivity contribution in [3.63, 3.8) is 0 Å². The summed E-state index contributed by atoms with van der Waals surface area (Å²) < 4.78 is 28.0. The van der Waals surface area contributed by atoms with Crippen molar-refractivity contribution in [3.8, 4) is 0 Å². The van der Waals surface area contributed by atoms with E-state index in [4.69, 9.17) is 0 Å². The molecule has 1 aromatic carbocycles. The van der Waals surface area contributed by atoms with Gasteiger partial charge in [0.25, 0.3) is 0 Å². The molecule has 0 spiro atoms. The van der Waals surface area contributed by atoms with Crippen LogP contribution in [0.1, 0.15) is 36.5 Å². The number of rotatable bonds is 5. The maximum atomic E-state index is 14.0. The molecule has 0 bridgehead atoms. The number of nitrogens with zero attached hydrogens (tertiary/aromatic N) is 2. The Kier molecular flexibility index (Phi) is 4.74. The van der Waals surface area contributed by atoms with Crippen molar-refractivity contribution in [2.75, 3.05) is 6.54 Å². The van der Waals surface area contributed by atoms with Crippen LogP contribution < -0.4 is 5.32 Å². The van der Waals surface area contributed by atoms with E-state index in [1.807, 2.05) is 6.92 Å². The largest absolute Gasteiger partial charge is 0.305 e. The molecule has 5 heteroatoms. The number of hydrogen-bond donors (Lipinski definition) is 1. The summed E-state index contributed by atoms with van der Waals surface area (Å²) in [6.07, 6.45) is 2.45. The number of hydrogen-bond acceptors (Lipinski definition) is 3. The second-order valence-electron chi connectivity index (χ2n) is 4.55. The van der Waals surface area contributed by atoms with Crippen LogP contribution in [0.3, 0.4) is 0 Å². The molecule has 20 heavy (non-hydrogen) atoms. The van der Waals surface area contributed by atoms with Crippen molar-refractivity contribution in [1.82, 2.24) is 15.3 Å². The number of halogens is 2.